The molecule has 1 aromatic rings. The van der Waals surface area contributed by atoms with Gasteiger partial charge in [0.05, 0.1) is 11.8 Å². The van der Waals surface area contributed by atoms with Crippen LogP contribution in [0, 0.1) is 11.2 Å². The van der Waals surface area contributed by atoms with Crippen molar-refractivity contribution in [2.45, 2.75) is 38.8 Å². The van der Waals surface area contributed by atoms with Gasteiger partial charge in [0.2, 0.25) is 5.91 Å². The molecular weight excluding hydrogens is 375 g/mol. The Balaban J connectivity index is 0.00000242. The fraction of sp³-hybridized carbons (Fsp3) is 0.533. The first-order valence-corrected chi connectivity index (χ1v) is 7.68. The van der Waals surface area contributed by atoms with Crippen LogP contribution in [0.1, 0.15) is 27.2 Å². The lowest BCUT2D eigenvalue weighted by Crippen LogP contribution is -2.74. The highest BCUT2D eigenvalue weighted by molar-refractivity contribution is 9.10. The Hall–Kier alpha value is -0.690. The minimum absolute atomic E-state index is 0. The number of anilines is 1. The van der Waals surface area contributed by atoms with Gasteiger partial charge in [-0.3, -0.25) is 4.79 Å². The molecule has 0 bridgehead atoms. The largest absolute Gasteiger partial charge is 0.378 e. The van der Waals surface area contributed by atoms with E-state index in [1.165, 1.54) is 12.1 Å². The SMILES string of the molecule is CCOC1CC(N)(C(=O)Nc2ccc(Br)cc2F)C1(C)C.Cl. The monoisotopic (exact) mass is 394 g/mol. The number of benzene rings is 1. The van der Waals surface area contributed by atoms with Gasteiger partial charge in [0.1, 0.15) is 11.4 Å². The molecule has 0 radical (unpaired) electrons. The van der Waals surface area contributed by atoms with Gasteiger partial charge >= 0.3 is 0 Å². The van der Waals surface area contributed by atoms with Crippen molar-refractivity contribution in [2.24, 2.45) is 11.1 Å². The van der Waals surface area contributed by atoms with Gasteiger partial charge in [0.25, 0.3) is 0 Å². The molecule has 0 aliphatic heterocycles. The predicted octanol–water partition coefficient (Wildman–Crippen LogP) is 3.48. The summed E-state index contributed by atoms with van der Waals surface area (Å²) in [7, 11) is 0. The zero-order chi connectivity index (χ0) is 15.8. The number of carbonyl (C=O) groups excluding carboxylic acids is 1. The maximum atomic E-state index is 13.8. The Kier molecular flexibility index (Phi) is 6.01. The predicted molar refractivity (Wildman–Crippen MR) is 90.7 cm³/mol. The molecule has 0 saturated heterocycles. The van der Waals surface area contributed by atoms with Crippen LogP contribution in [-0.4, -0.2) is 24.2 Å². The van der Waals surface area contributed by atoms with Gasteiger partial charge in [-0.2, -0.15) is 0 Å². The number of ether oxygens (including phenoxy) is 1. The fourth-order valence-electron chi connectivity index (χ4n) is 2.65. The van der Waals surface area contributed by atoms with Crippen molar-refractivity contribution in [3.63, 3.8) is 0 Å². The zero-order valence-corrected chi connectivity index (χ0v) is 15.2. The first kappa shape index (κ1) is 19.4. The van der Waals surface area contributed by atoms with Crippen molar-refractivity contribution >= 4 is 39.9 Å². The quantitative estimate of drug-likeness (QED) is 0.820. The van der Waals surface area contributed by atoms with Crippen LogP contribution in [0.25, 0.3) is 0 Å². The van der Waals surface area contributed by atoms with E-state index in [2.05, 4.69) is 21.2 Å². The number of hydrogen-bond acceptors (Lipinski definition) is 3. The molecule has 1 aliphatic carbocycles. The van der Waals surface area contributed by atoms with Gasteiger partial charge < -0.3 is 15.8 Å². The summed E-state index contributed by atoms with van der Waals surface area (Å²) in [5.41, 5.74) is 4.81. The number of carbonyl (C=O) groups is 1. The summed E-state index contributed by atoms with van der Waals surface area (Å²) in [6.45, 7) is 6.28. The van der Waals surface area contributed by atoms with E-state index in [-0.39, 0.29) is 30.1 Å². The summed E-state index contributed by atoms with van der Waals surface area (Å²) >= 11 is 3.18. The molecule has 4 nitrogen and oxygen atoms in total. The number of halogens is 3. The molecule has 1 amide bonds. The number of nitrogens with one attached hydrogen (secondary N) is 1. The summed E-state index contributed by atoms with van der Waals surface area (Å²) in [6, 6.07) is 4.47. The summed E-state index contributed by atoms with van der Waals surface area (Å²) in [6.07, 6.45) is 0.366. The lowest BCUT2D eigenvalue weighted by atomic mass is 9.54. The van der Waals surface area contributed by atoms with Crippen LogP contribution in [0.15, 0.2) is 22.7 Å². The summed E-state index contributed by atoms with van der Waals surface area (Å²) in [4.78, 5) is 12.4. The van der Waals surface area contributed by atoms with Gasteiger partial charge in [0, 0.05) is 22.9 Å². The molecule has 2 atom stereocenters. The second-order valence-electron chi connectivity index (χ2n) is 5.92. The Bertz CT molecular complexity index is 570. The van der Waals surface area contributed by atoms with E-state index in [9.17, 15) is 9.18 Å². The average molecular weight is 396 g/mol. The maximum absolute atomic E-state index is 13.8. The van der Waals surface area contributed by atoms with Gasteiger partial charge in [-0.05, 0) is 25.1 Å². The van der Waals surface area contributed by atoms with E-state index < -0.39 is 16.8 Å². The Labute approximate surface area is 144 Å². The first-order valence-electron chi connectivity index (χ1n) is 6.89. The van der Waals surface area contributed by atoms with Crippen LogP contribution in [0.5, 0.6) is 0 Å². The Morgan fingerprint density at radius 2 is 2.18 bits per heavy atom. The van der Waals surface area contributed by atoms with Gasteiger partial charge in [-0.25, -0.2) is 4.39 Å². The molecule has 22 heavy (non-hydrogen) atoms. The van der Waals surface area contributed by atoms with Crippen LogP contribution in [0.4, 0.5) is 10.1 Å². The van der Waals surface area contributed by atoms with E-state index in [0.29, 0.717) is 17.5 Å². The normalized spacial score (nSPS) is 25.8. The molecule has 1 fully saturated rings. The van der Waals surface area contributed by atoms with E-state index >= 15 is 0 Å². The van der Waals surface area contributed by atoms with Crippen LogP contribution < -0.4 is 11.1 Å². The summed E-state index contributed by atoms with van der Waals surface area (Å²) in [5, 5.41) is 2.58. The van der Waals surface area contributed by atoms with E-state index in [1.807, 2.05) is 20.8 Å². The topological polar surface area (TPSA) is 64.3 Å². The van der Waals surface area contributed by atoms with Crippen LogP contribution in [0.2, 0.25) is 0 Å². The average Bonchev–Trinajstić information content (AvgIpc) is 2.41. The van der Waals surface area contributed by atoms with Gasteiger partial charge in [0.15, 0.2) is 0 Å². The summed E-state index contributed by atoms with van der Waals surface area (Å²) in [5.74, 6) is -0.885. The molecular formula is C15H21BrClFN2O2. The van der Waals surface area contributed by atoms with Gasteiger partial charge in [-0.15, -0.1) is 12.4 Å². The Morgan fingerprint density at radius 1 is 1.55 bits per heavy atom. The molecule has 0 aromatic heterocycles. The van der Waals surface area contributed by atoms with E-state index in [1.54, 1.807) is 6.07 Å². The van der Waals surface area contributed by atoms with E-state index in [4.69, 9.17) is 10.5 Å². The minimum Gasteiger partial charge on any atom is -0.378 e. The molecule has 124 valence electrons. The highest BCUT2D eigenvalue weighted by atomic mass is 79.9. The van der Waals surface area contributed by atoms with Crippen molar-refractivity contribution in [3.8, 4) is 0 Å². The lowest BCUT2D eigenvalue weighted by Gasteiger charge is -2.57. The number of amides is 1. The number of hydrogen-bond donors (Lipinski definition) is 2. The molecule has 1 aromatic carbocycles. The molecule has 3 N–H and O–H groups in total. The number of rotatable bonds is 4. The second-order valence-corrected chi connectivity index (χ2v) is 6.84. The third-order valence-corrected chi connectivity index (χ3v) is 4.91. The summed E-state index contributed by atoms with van der Waals surface area (Å²) < 4.78 is 20.0. The molecule has 2 unspecified atom stereocenters. The Morgan fingerprint density at radius 3 is 2.68 bits per heavy atom. The van der Waals surface area contributed by atoms with Crippen molar-refractivity contribution in [1.82, 2.24) is 0 Å². The smallest absolute Gasteiger partial charge is 0.245 e. The highest BCUT2D eigenvalue weighted by Gasteiger charge is 2.62. The standard InChI is InChI=1S/C15H20BrFN2O2.ClH/c1-4-21-12-8-15(18,14(12,2)3)13(20)19-11-6-5-9(16)7-10(11)17;/h5-7,12H,4,8,18H2,1-3H3,(H,19,20);1H. The van der Waals surface area contributed by atoms with Crippen molar-refractivity contribution in [3.05, 3.63) is 28.5 Å². The van der Waals surface area contributed by atoms with Crippen LogP contribution in [-0.2, 0) is 9.53 Å². The third kappa shape index (κ3) is 3.15. The van der Waals surface area contributed by atoms with Crippen molar-refractivity contribution in [1.29, 1.82) is 0 Å². The second kappa shape index (κ2) is 6.83. The fourth-order valence-corrected chi connectivity index (χ4v) is 2.98. The molecule has 7 heteroatoms. The molecule has 1 saturated carbocycles. The molecule has 0 heterocycles. The first-order chi connectivity index (χ1) is 9.72. The van der Waals surface area contributed by atoms with E-state index in [0.717, 1.165) is 0 Å². The minimum atomic E-state index is -1.06. The zero-order valence-electron chi connectivity index (χ0n) is 12.8. The molecule has 2 rings (SSSR count). The van der Waals surface area contributed by atoms with Crippen LogP contribution >= 0.6 is 28.3 Å². The van der Waals surface area contributed by atoms with Crippen molar-refractivity contribution in [2.75, 3.05) is 11.9 Å². The van der Waals surface area contributed by atoms with Crippen molar-refractivity contribution < 1.29 is 13.9 Å². The number of nitrogens with two attached hydrogens (primary N) is 1. The van der Waals surface area contributed by atoms with Gasteiger partial charge in [-0.1, -0.05) is 29.8 Å². The highest BCUT2D eigenvalue weighted by Crippen LogP contribution is 2.50. The third-order valence-electron chi connectivity index (χ3n) is 4.41. The lowest BCUT2D eigenvalue weighted by molar-refractivity contribution is -0.166. The molecule has 0 spiro atoms. The van der Waals surface area contributed by atoms with Crippen LogP contribution in [0.3, 0.4) is 0 Å². The maximum Gasteiger partial charge on any atom is 0.245 e. The molecule has 1 aliphatic rings.